The minimum Gasteiger partial charge on any atom is -0.268 e. The van der Waals surface area contributed by atoms with Crippen molar-refractivity contribution in [1.29, 1.82) is 0 Å². The molecule has 84 valence electrons. The van der Waals surface area contributed by atoms with Crippen molar-refractivity contribution in [3.05, 3.63) is 28.2 Å². The van der Waals surface area contributed by atoms with Crippen LogP contribution in [0.25, 0.3) is 0 Å². The molecule has 1 aromatic rings. The molecule has 0 aliphatic rings. The van der Waals surface area contributed by atoms with E-state index < -0.39 is 0 Å². The van der Waals surface area contributed by atoms with Crippen LogP contribution in [0.5, 0.6) is 0 Å². The predicted molar refractivity (Wildman–Crippen MR) is 61.9 cm³/mol. The lowest BCUT2D eigenvalue weighted by Gasteiger charge is -2.07. The second-order valence-electron chi connectivity index (χ2n) is 4.32. The fourth-order valence-electron chi connectivity index (χ4n) is 1.49. The molecule has 1 rings (SSSR count). The van der Waals surface area contributed by atoms with E-state index in [9.17, 15) is 4.79 Å². The molecule has 3 heteroatoms. The van der Waals surface area contributed by atoms with Crippen LogP contribution in [0.3, 0.4) is 0 Å². The van der Waals surface area contributed by atoms with E-state index in [2.05, 4.69) is 25.9 Å². The third-order valence-corrected chi connectivity index (χ3v) is 2.43. The lowest BCUT2D eigenvalue weighted by Crippen LogP contribution is -2.26. The third-order valence-electron chi connectivity index (χ3n) is 2.43. The van der Waals surface area contributed by atoms with Crippen molar-refractivity contribution in [3.63, 3.8) is 0 Å². The molecule has 0 aliphatic heterocycles. The van der Waals surface area contributed by atoms with Gasteiger partial charge in [-0.15, -0.1) is 0 Å². The number of rotatable bonds is 5. The van der Waals surface area contributed by atoms with Crippen molar-refractivity contribution >= 4 is 0 Å². The molecular formula is C12H20N2O. The Kier molecular flexibility index (Phi) is 4.53. The van der Waals surface area contributed by atoms with Crippen LogP contribution in [-0.2, 0) is 13.0 Å². The highest BCUT2D eigenvalue weighted by Gasteiger charge is 2.03. The molecule has 0 bridgehead atoms. The molecule has 0 spiro atoms. The predicted octanol–water partition coefficient (Wildman–Crippen LogP) is 2.24. The third kappa shape index (κ3) is 3.50. The van der Waals surface area contributed by atoms with Crippen LogP contribution in [-0.4, -0.2) is 9.78 Å². The van der Waals surface area contributed by atoms with Crippen LogP contribution < -0.4 is 5.56 Å². The Hall–Kier alpha value is -1.12. The average molecular weight is 208 g/mol. The summed E-state index contributed by atoms with van der Waals surface area (Å²) in [4.78, 5) is 11.9. The molecule has 0 N–H and O–H groups in total. The van der Waals surface area contributed by atoms with Gasteiger partial charge in [-0.2, -0.15) is 5.10 Å². The number of aryl methyl sites for hydroxylation is 2. The van der Waals surface area contributed by atoms with Gasteiger partial charge in [0.1, 0.15) is 0 Å². The molecule has 0 aromatic carbocycles. The Balaban J connectivity index is 2.80. The topological polar surface area (TPSA) is 34.9 Å². The van der Waals surface area contributed by atoms with Gasteiger partial charge in [-0.1, -0.05) is 27.2 Å². The van der Waals surface area contributed by atoms with Crippen molar-refractivity contribution in [2.45, 2.75) is 46.6 Å². The van der Waals surface area contributed by atoms with E-state index in [1.807, 2.05) is 6.07 Å². The maximum Gasteiger partial charge on any atom is 0.269 e. The van der Waals surface area contributed by atoms with Gasteiger partial charge in [-0.3, -0.25) is 4.79 Å². The Morgan fingerprint density at radius 3 is 2.80 bits per heavy atom. The van der Waals surface area contributed by atoms with Crippen LogP contribution in [0.15, 0.2) is 17.1 Å². The van der Waals surface area contributed by atoms with Crippen LogP contribution in [0.4, 0.5) is 0 Å². The standard InChI is InChI=1S/C12H20N2O/c1-4-5-11-6-8-13-14(12(11)15)9-7-10(2)3/h6,8,10H,4-5,7,9H2,1-3H3. The average Bonchev–Trinajstić information content (AvgIpc) is 2.19. The number of aromatic nitrogens is 2. The van der Waals surface area contributed by atoms with Crippen molar-refractivity contribution in [2.24, 2.45) is 5.92 Å². The van der Waals surface area contributed by atoms with E-state index in [-0.39, 0.29) is 5.56 Å². The quantitative estimate of drug-likeness (QED) is 0.743. The summed E-state index contributed by atoms with van der Waals surface area (Å²) in [5, 5.41) is 4.10. The van der Waals surface area contributed by atoms with Gasteiger partial charge in [0, 0.05) is 18.3 Å². The van der Waals surface area contributed by atoms with Gasteiger partial charge in [0.25, 0.3) is 5.56 Å². The highest BCUT2D eigenvalue weighted by molar-refractivity contribution is 5.06. The van der Waals surface area contributed by atoms with Crippen molar-refractivity contribution in [3.8, 4) is 0 Å². The van der Waals surface area contributed by atoms with Gasteiger partial charge in [0.15, 0.2) is 0 Å². The van der Waals surface area contributed by atoms with Gasteiger partial charge in [-0.05, 0) is 24.8 Å². The zero-order valence-electron chi connectivity index (χ0n) is 9.86. The maximum absolute atomic E-state index is 11.9. The lowest BCUT2D eigenvalue weighted by molar-refractivity contribution is 0.469. The van der Waals surface area contributed by atoms with Crippen LogP contribution in [0.1, 0.15) is 39.2 Å². The monoisotopic (exact) mass is 208 g/mol. The molecule has 0 saturated carbocycles. The summed E-state index contributed by atoms with van der Waals surface area (Å²) < 4.78 is 1.59. The Labute approximate surface area is 91.1 Å². The molecule has 1 aromatic heterocycles. The largest absolute Gasteiger partial charge is 0.269 e. The minimum absolute atomic E-state index is 0.0833. The molecule has 0 saturated heterocycles. The molecular weight excluding hydrogens is 188 g/mol. The Morgan fingerprint density at radius 2 is 2.20 bits per heavy atom. The highest BCUT2D eigenvalue weighted by atomic mass is 16.1. The summed E-state index contributed by atoms with van der Waals surface area (Å²) >= 11 is 0. The second-order valence-corrected chi connectivity index (χ2v) is 4.32. The summed E-state index contributed by atoms with van der Waals surface area (Å²) in [5.74, 6) is 0.605. The van der Waals surface area contributed by atoms with Crippen molar-refractivity contribution in [2.75, 3.05) is 0 Å². The van der Waals surface area contributed by atoms with Crippen LogP contribution >= 0.6 is 0 Å². The van der Waals surface area contributed by atoms with Crippen LogP contribution in [0, 0.1) is 5.92 Å². The van der Waals surface area contributed by atoms with Crippen molar-refractivity contribution < 1.29 is 0 Å². The maximum atomic E-state index is 11.9. The van der Waals surface area contributed by atoms with Gasteiger partial charge in [0.2, 0.25) is 0 Å². The Morgan fingerprint density at radius 1 is 1.47 bits per heavy atom. The minimum atomic E-state index is 0.0833. The summed E-state index contributed by atoms with van der Waals surface area (Å²) in [6.45, 7) is 7.12. The first-order valence-corrected chi connectivity index (χ1v) is 5.70. The second kappa shape index (κ2) is 5.69. The summed E-state index contributed by atoms with van der Waals surface area (Å²) in [6.07, 6.45) is 4.58. The summed E-state index contributed by atoms with van der Waals surface area (Å²) in [6, 6.07) is 1.83. The number of nitrogens with zero attached hydrogens (tertiary/aromatic N) is 2. The molecule has 0 radical (unpaired) electrons. The smallest absolute Gasteiger partial charge is 0.268 e. The van der Waals surface area contributed by atoms with Gasteiger partial charge in [0.05, 0.1) is 0 Å². The van der Waals surface area contributed by atoms with E-state index in [4.69, 9.17) is 0 Å². The molecule has 0 fully saturated rings. The first-order chi connectivity index (χ1) is 7.15. The van der Waals surface area contributed by atoms with Gasteiger partial charge >= 0.3 is 0 Å². The lowest BCUT2D eigenvalue weighted by atomic mass is 10.1. The van der Waals surface area contributed by atoms with E-state index in [1.165, 1.54) is 0 Å². The first kappa shape index (κ1) is 12.0. The van der Waals surface area contributed by atoms with E-state index in [0.717, 1.165) is 31.4 Å². The first-order valence-electron chi connectivity index (χ1n) is 5.70. The zero-order chi connectivity index (χ0) is 11.3. The van der Waals surface area contributed by atoms with E-state index in [1.54, 1.807) is 10.9 Å². The van der Waals surface area contributed by atoms with Gasteiger partial charge < -0.3 is 0 Å². The molecule has 1 heterocycles. The zero-order valence-corrected chi connectivity index (χ0v) is 9.86. The highest BCUT2D eigenvalue weighted by Crippen LogP contribution is 2.01. The summed E-state index contributed by atoms with van der Waals surface area (Å²) in [7, 11) is 0. The molecule has 0 amide bonds. The molecule has 0 unspecified atom stereocenters. The fraction of sp³-hybridized carbons (Fsp3) is 0.667. The number of hydrogen-bond donors (Lipinski definition) is 0. The normalized spacial score (nSPS) is 10.9. The van der Waals surface area contributed by atoms with E-state index in [0.29, 0.717) is 5.92 Å². The molecule has 15 heavy (non-hydrogen) atoms. The molecule has 3 nitrogen and oxygen atoms in total. The van der Waals surface area contributed by atoms with Crippen molar-refractivity contribution in [1.82, 2.24) is 9.78 Å². The number of hydrogen-bond acceptors (Lipinski definition) is 2. The molecule has 0 atom stereocenters. The molecule has 0 aliphatic carbocycles. The summed E-state index contributed by atoms with van der Waals surface area (Å²) in [5.41, 5.74) is 0.969. The van der Waals surface area contributed by atoms with Gasteiger partial charge in [-0.25, -0.2) is 4.68 Å². The fourth-order valence-corrected chi connectivity index (χ4v) is 1.49. The van der Waals surface area contributed by atoms with E-state index >= 15 is 0 Å². The van der Waals surface area contributed by atoms with Crippen LogP contribution in [0.2, 0.25) is 0 Å². The SMILES string of the molecule is CCCc1ccnn(CCC(C)C)c1=O. The Bertz CT molecular complexity index is 355.